The number of rotatable bonds is 0. The van der Waals surface area contributed by atoms with Crippen LogP contribution in [0.4, 0.5) is 11.4 Å². The Labute approximate surface area is 76.4 Å². The minimum Gasteiger partial charge on any atom is -0.396 e. The van der Waals surface area contributed by atoms with Crippen LogP contribution in [-0.4, -0.2) is 4.98 Å². The van der Waals surface area contributed by atoms with E-state index in [4.69, 9.17) is 11.5 Å². The number of aromatic nitrogens is 1. The summed E-state index contributed by atoms with van der Waals surface area (Å²) < 4.78 is 0. The molecule has 0 atom stereocenters. The van der Waals surface area contributed by atoms with Crippen molar-refractivity contribution in [1.29, 1.82) is 0 Å². The zero-order valence-corrected chi connectivity index (χ0v) is 7.41. The number of benzene rings is 1. The molecule has 0 unspecified atom stereocenters. The van der Waals surface area contributed by atoms with E-state index >= 15 is 0 Å². The normalized spacial score (nSPS) is 10.5. The fourth-order valence-electron chi connectivity index (χ4n) is 1.34. The van der Waals surface area contributed by atoms with E-state index in [0.717, 1.165) is 10.9 Å². The maximum atomic E-state index is 5.80. The van der Waals surface area contributed by atoms with Crippen molar-refractivity contribution in [2.45, 2.75) is 6.92 Å². The third kappa shape index (κ3) is 1.18. The molecule has 0 radical (unpaired) electrons. The van der Waals surface area contributed by atoms with Gasteiger partial charge in [0.1, 0.15) is 0 Å². The van der Waals surface area contributed by atoms with E-state index in [2.05, 4.69) is 4.98 Å². The second kappa shape index (κ2) is 2.62. The van der Waals surface area contributed by atoms with Crippen LogP contribution < -0.4 is 11.5 Å². The molecule has 3 heteroatoms. The third-order valence-electron chi connectivity index (χ3n) is 2.10. The Bertz CT molecular complexity index is 463. The Morgan fingerprint density at radius 2 is 2.00 bits per heavy atom. The van der Waals surface area contributed by atoms with Crippen LogP contribution in [0, 0.1) is 6.92 Å². The predicted octanol–water partition coefficient (Wildman–Crippen LogP) is 1.71. The van der Waals surface area contributed by atoms with Crippen molar-refractivity contribution in [3.8, 4) is 0 Å². The average molecular weight is 173 g/mol. The molecule has 2 aromatic rings. The Morgan fingerprint density at radius 3 is 2.77 bits per heavy atom. The Hall–Kier alpha value is -1.77. The number of nitrogens with zero attached hydrogens (tertiary/aromatic N) is 1. The summed E-state index contributed by atoms with van der Waals surface area (Å²) in [7, 11) is 0. The first-order chi connectivity index (χ1) is 6.18. The Morgan fingerprint density at radius 1 is 1.23 bits per heavy atom. The lowest BCUT2D eigenvalue weighted by atomic mass is 10.1. The topological polar surface area (TPSA) is 64.9 Å². The van der Waals surface area contributed by atoms with Gasteiger partial charge in [-0.05, 0) is 18.6 Å². The predicted molar refractivity (Wildman–Crippen MR) is 55.3 cm³/mol. The minimum absolute atomic E-state index is 0.538. The molecule has 0 aliphatic carbocycles. The molecule has 0 saturated carbocycles. The number of aryl methyl sites for hydroxylation is 1. The number of pyridine rings is 1. The number of nitrogens with two attached hydrogens (primary N) is 2. The lowest BCUT2D eigenvalue weighted by molar-refractivity contribution is 1.39. The van der Waals surface area contributed by atoms with Gasteiger partial charge in [0.15, 0.2) is 0 Å². The van der Waals surface area contributed by atoms with Gasteiger partial charge < -0.3 is 11.5 Å². The standard InChI is InChI=1S/C10H11N3/c1-6-2-3-7-9(4-6)13-5-8(11)10(7)12/h2-5H,11H2,1H3,(H2,12,13). The molecule has 0 bridgehead atoms. The van der Waals surface area contributed by atoms with Crippen molar-refractivity contribution in [3.05, 3.63) is 30.0 Å². The highest BCUT2D eigenvalue weighted by Gasteiger charge is 2.01. The molecule has 66 valence electrons. The highest BCUT2D eigenvalue weighted by Crippen LogP contribution is 2.24. The van der Waals surface area contributed by atoms with Gasteiger partial charge in [0.05, 0.1) is 23.1 Å². The van der Waals surface area contributed by atoms with E-state index < -0.39 is 0 Å². The molecule has 3 nitrogen and oxygen atoms in total. The highest BCUT2D eigenvalue weighted by molar-refractivity contribution is 5.95. The molecule has 0 fully saturated rings. The smallest absolute Gasteiger partial charge is 0.0740 e. The molecule has 1 aromatic heterocycles. The molecule has 0 aliphatic heterocycles. The summed E-state index contributed by atoms with van der Waals surface area (Å²) in [5.41, 5.74) is 14.7. The van der Waals surface area contributed by atoms with E-state index in [9.17, 15) is 0 Å². The van der Waals surface area contributed by atoms with Gasteiger partial charge in [-0.2, -0.15) is 0 Å². The summed E-state index contributed by atoms with van der Waals surface area (Å²) in [5, 5.41) is 0.922. The lowest BCUT2D eigenvalue weighted by Gasteiger charge is -2.04. The highest BCUT2D eigenvalue weighted by atomic mass is 14.8. The van der Waals surface area contributed by atoms with Crippen molar-refractivity contribution in [3.63, 3.8) is 0 Å². The summed E-state index contributed by atoms with van der Waals surface area (Å²) in [6, 6.07) is 5.94. The van der Waals surface area contributed by atoms with Gasteiger partial charge in [0.25, 0.3) is 0 Å². The van der Waals surface area contributed by atoms with Crippen molar-refractivity contribution < 1.29 is 0 Å². The van der Waals surface area contributed by atoms with Crippen LogP contribution in [0.3, 0.4) is 0 Å². The number of nitrogen functional groups attached to an aromatic ring is 2. The van der Waals surface area contributed by atoms with Gasteiger partial charge in [-0.1, -0.05) is 12.1 Å². The SMILES string of the molecule is Cc1ccc2c(N)c(N)cnc2c1. The van der Waals surface area contributed by atoms with Crippen LogP contribution in [0.5, 0.6) is 0 Å². The summed E-state index contributed by atoms with van der Waals surface area (Å²) in [6.07, 6.45) is 1.59. The molecule has 4 N–H and O–H groups in total. The van der Waals surface area contributed by atoms with Crippen molar-refractivity contribution in [2.24, 2.45) is 0 Å². The first-order valence-corrected chi connectivity index (χ1v) is 4.09. The van der Waals surface area contributed by atoms with Crippen molar-refractivity contribution in [2.75, 3.05) is 11.5 Å². The fourth-order valence-corrected chi connectivity index (χ4v) is 1.34. The first kappa shape index (κ1) is 7.86. The number of hydrogen-bond donors (Lipinski definition) is 2. The Balaban J connectivity index is 2.87. The van der Waals surface area contributed by atoms with Gasteiger partial charge in [-0.25, -0.2) is 0 Å². The van der Waals surface area contributed by atoms with E-state index in [0.29, 0.717) is 11.4 Å². The summed E-state index contributed by atoms with van der Waals surface area (Å²) in [4.78, 5) is 4.20. The summed E-state index contributed by atoms with van der Waals surface area (Å²) >= 11 is 0. The molecular weight excluding hydrogens is 162 g/mol. The average Bonchev–Trinajstić information content (AvgIpc) is 2.12. The van der Waals surface area contributed by atoms with Gasteiger partial charge in [0.2, 0.25) is 0 Å². The first-order valence-electron chi connectivity index (χ1n) is 4.09. The van der Waals surface area contributed by atoms with Crippen LogP contribution in [0.15, 0.2) is 24.4 Å². The van der Waals surface area contributed by atoms with Gasteiger partial charge in [-0.3, -0.25) is 4.98 Å². The number of fused-ring (bicyclic) bond motifs is 1. The van der Waals surface area contributed by atoms with Gasteiger partial charge in [0, 0.05) is 5.39 Å². The van der Waals surface area contributed by atoms with Crippen molar-refractivity contribution in [1.82, 2.24) is 4.98 Å². The van der Waals surface area contributed by atoms with Crippen LogP contribution in [0.25, 0.3) is 10.9 Å². The molecule has 0 amide bonds. The maximum Gasteiger partial charge on any atom is 0.0740 e. The molecule has 0 spiro atoms. The molecule has 1 aromatic carbocycles. The quantitative estimate of drug-likeness (QED) is 0.637. The van der Waals surface area contributed by atoms with E-state index in [1.807, 2.05) is 25.1 Å². The number of anilines is 2. The second-order valence-electron chi connectivity index (χ2n) is 3.15. The maximum absolute atomic E-state index is 5.80. The Kier molecular flexibility index (Phi) is 1.59. The van der Waals surface area contributed by atoms with Crippen molar-refractivity contribution >= 4 is 22.3 Å². The molecule has 2 rings (SSSR count). The van der Waals surface area contributed by atoms with Crippen LogP contribution in [0.1, 0.15) is 5.56 Å². The molecular formula is C10H11N3. The fraction of sp³-hybridized carbons (Fsp3) is 0.100. The molecule has 1 heterocycles. The van der Waals surface area contributed by atoms with Gasteiger partial charge >= 0.3 is 0 Å². The van der Waals surface area contributed by atoms with Gasteiger partial charge in [-0.15, -0.1) is 0 Å². The van der Waals surface area contributed by atoms with Crippen LogP contribution in [0.2, 0.25) is 0 Å². The zero-order valence-electron chi connectivity index (χ0n) is 7.41. The second-order valence-corrected chi connectivity index (χ2v) is 3.15. The molecule has 13 heavy (non-hydrogen) atoms. The van der Waals surface area contributed by atoms with E-state index in [1.54, 1.807) is 6.20 Å². The molecule has 0 saturated heterocycles. The van der Waals surface area contributed by atoms with E-state index in [-0.39, 0.29) is 0 Å². The zero-order chi connectivity index (χ0) is 9.42. The van der Waals surface area contributed by atoms with Crippen LogP contribution in [-0.2, 0) is 0 Å². The lowest BCUT2D eigenvalue weighted by Crippen LogP contribution is -1.96. The largest absolute Gasteiger partial charge is 0.396 e. The monoisotopic (exact) mass is 173 g/mol. The third-order valence-corrected chi connectivity index (χ3v) is 2.10. The molecule has 0 aliphatic rings. The van der Waals surface area contributed by atoms with E-state index in [1.165, 1.54) is 5.56 Å². The van der Waals surface area contributed by atoms with Crippen LogP contribution >= 0.6 is 0 Å². The summed E-state index contributed by atoms with van der Waals surface area (Å²) in [6.45, 7) is 2.02. The minimum atomic E-state index is 0.538. The summed E-state index contributed by atoms with van der Waals surface area (Å²) in [5.74, 6) is 0. The number of hydrogen-bond acceptors (Lipinski definition) is 3.